The van der Waals surface area contributed by atoms with E-state index in [1.807, 2.05) is 56.4 Å². The molecule has 0 aliphatic carbocycles. The zero-order chi connectivity index (χ0) is 27.5. The lowest BCUT2D eigenvalue weighted by molar-refractivity contribution is -0.123. The maximum absolute atomic E-state index is 13.0. The summed E-state index contributed by atoms with van der Waals surface area (Å²) in [5.41, 5.74) is 5.79. The fourth-order valence-electron chi connectivity index (χ4n) is 4.38. The minimum atomic E-state index is -0.795. The number of hydrogen-bond donors (Lipinski definition) is 2. The predicted molar refractivity (Wildman–Crippen MR) is 152 cm³/mol. The highest BCUT2D eigenvalue weighted by Crippen LogP contribution is 2.32. The molecule has 1 aliphatic heterocycles. The van der Waals surface area contributed by atoms with Gasteiger partial charge in [-0.05, 0) is 47.9 Å². The van der Waals surface area contributed by atoms with Crippen LogP contribution in [0.5, 0.6) is 11.5 Å². The van der Waals surface area contributed by atoms with E-state index in [2.05, 4.69) is 20.4 Å². The van der Waals surface area contributed by atoms with Crippen molar-refractivity contribution in [2.24, 2.45) is 11.0 Å². The van der Waals surface area contributed by atoms with Crippen molar-refractivity contribution in [1.29, 1.82) is 0 Å². The van der Waals surface area contributed by atoms with Crippen LogP contribution in [0.4, 0.5) is 0 Å². The summed E-state index contributed by atoms with van der Waals surface area (Å²) in [7, 11) is 0. The molecule has 200 valence electrons. The lowest BCUT2D eigenvalue weighted by Gasteiger charge is -2.20. The summed E-state index contributed by atoms with van der Waals surface area (Å²) in [4.78, 5) is 25.8. The molecule has 39 heavy (non-hydrogen) atoms. The van der Waals surface area contributed by atoms with Gasteiger partial charge in [-0.3, -0.25) is 9.59 Å². The maximum Gasteiger partial charge on any atom is 0.262 e. The second-order valence-electron chi connectivity index (χ2n) is 9.48. The highest BCUT2D eigenvalue weighted by molar-refractivity contribution is 6.42. The molecule has 0 saturated carbocycles. The zero-order valence-corrected chi connectivity index (χ0v) is 22.8. The maximum atomic E-state index is 13.0. The quantitative estimate of drug-likeness (QED) is 0.214. The third-order valence-electron chi connectivity index (χ3n) is 6.41. The van der Waals surface area contributed by atoms with E-state index in [0.717, 1.165) is 22.0 Å². The van der Waals surface area contributed by atoms with E-state index in [9.17, 15) is 9.59 Å². The molecule has 0 radical (unpaired) electrons. The second-order valence-corrected chi connectivity index (χ2v) is 10.3. The summed E-state index contributed by atoms with van der Waals surface area (Å²) in [6.07, 6.45) is 3.56. The van der Waals surface area contributed by atoms with E-state index in [0.29, 0.717) is 33.7 Å². The Hall–Kier alpha value is -4.01. The average Bonchev–Trinajstić information content (AvgIpc) is 3.53. The first-order valence-electron chi connectivity index (χ1n) is 12.4. The standard InChI is InChI=1S/C29H26Cl2N4O4/c1-17(2)27(33-28(36)19-8-10-25-26(12-19)39-16-38-25)29(37)34-32-13-20-15-35(24-6-4-3-5-21(20)24)14-18-7-9-22(30)23(31)11-18/h3-13,15,17,27H,14,16H2,1-2H3,(H,33,36)(H,34,37)/b32-13+/t27-/m0/s1. The van der Waals surface area contributed by atoms with Crippen LogP contribution in [-0.4, -0.2) is 35.4 Å². The molecule has 8 nitrogen and oxygen atoms in total. The van der Waals surface area contributed by atoms with Gasteiger partial charge in [0.05, 0.1) is 16.3 Å². The number of hydrazone groups is 1. The number of nitrogens with one attached hydrogen (secondary N) is 2. The Morgan fingerprint density at radius 2 is 1.82 bits per heavy atom. The number of ether oxygens (including phenoxy) is 2. The van der Waals surface area contributed by atoms with Crippen molar-refractivity contribution >= 4 is 52.1 Å². The average molecular weight is 565 g/mol. The van der Waals surface area contributed by atoms with Gasteiger partial charge in [-0.25, -0.2) is 5.43 Å². The molecule has 1 aliphatic rings. The summed E-state index contributed by atoms with van der Waals surface area (Å²) >= 11 is 12.3. The Labute approximate surface area is 235 Å². The van der Waals surface area contributed by atoms with Crippen LogP contribution in [0.2, 0.25) is 10.0 Å². The van der Waals surface area contributed by atoms with Crippen LogP contribution >= 0.6 is 23.2 Å². The zero-order valence-electron chi connectivity index (χ0n) is 21.3. The molecule has 3 aromatic carbocycles. The molecule has 0 spiro atoms. The minimum Gasteiger partial charge on any atom is -0.454 e. The number of hydrogen-bond acceptors (Lipinski definition) is 5. The van der Waals surface area contributed by atoms with Crippen LogP contribution in [-0.2, 0) is 11.3 Å². The van der Waals surface area contributed by atoms with Crippen molar-refractivity contribution in [3.63, 3.8) is 0 Å². The van der Waals surface area contributed by atoms with E-state index >= 15 is 0 Å². The van der Waals surface area contributed by atoms with Crippen LogP contribution < -0.4 is 20.2 Å². The van der Waals surface area contributed by atoms with Gasteiger partial charge >= 0.3 is 0 Å². The fraction of sp³-hybridized carbons (Fsp3) is 0.207. The number of nitrogens with zero attached hydrogens (tertiary/aromatic N) is 2. The van der Waals surface area contributed by atoms with Gasteiger partial charge in [-0.2, -0.15) is 5.10 Å². The topological polar surface area (TPSA) is 93.9 Å². The van der Waals surface area contributed by atoms with Gasteiger partial charge in [0.2, 0.25) is 6.79 Å². The van der Waals surface area contributed by atoms with E-state index in [-0.39, 0.29) is 12.7 Å². The SMILES string of the molecule is CC(C)[C@H](NC(=O)c1ccc2c(c1)OCO2)C(=O)N/N=C/c1cn(Cc2ccc(Cl)c(Cl)c2)c2ccccc12. The van der Waals surface area contributed by atoms with Gasteiger partial charge in [-0.15, -0.1) is 0 Å². The molecule has 0 fully saturated rings. The third kappa shape index (κ3) is 5.87. The summed E-state index contributed by atoms with van der Waals surface area (Å²) in [5, 5.41) is 8.99. The van der Waals surface area contributed by atoms with Gasteiger partial charge in [0.1, 0.15) is 6.04 Å². The van der Waals surface area contributed by atoms with Crippen LogP contribution in [0.1, 0.15) is 35.3 Å². The first-order valence-corrected chi connectivity index (χ1v) is 13.1. The number of benzene rings is 3. The summed E-state index contributed by atoms with van der Waals surface area (Å²) in [6.45, 7) is 4.40. The Balaban J connectivity index is 1.29. The smallest absolute Gasteiger partial charge is 0.262 e. The number of carbonyl (C=O) groups is 2. The van der Waals surface area contributed by atoms with Crippen molar-refractivity contribution in [3.05, 3.63) is 93.6 Å². The number of halogens is 2. The fourth-order valence-corrected chi connectivity index (χ4v) is 4.70. The predicted octanol–water partition coefficient (Wildman–Crippen LogP) is 5.63. The molecular formula is C29H26Cl2N4O4. The van der Waals surface area contributed by atoms with Gasteiger partial charge < -0.3 is 19.4 Å². The first-order chi connectivity index (χ1) is 18.8. The van der Waals surface area contributed by atoms with E-state index in [4.69, 9.17) is 32.7 Å². The van der Waals surface area contributed by atoms with Crippen LogP contribution in [0.25, 0.3) is 10.9 Å². The molecule has 1 atom stereocenters. The summed E-state index contributed by atoms with van der Waals surface area (Å²) in [5.74, 6) is 0.0890. The molecule has 2 heterocycles. The van der Waals surface area contributed by atoms with Crippen LogP contribution in [0.15, 0.2) is 72.0 Å². The van der Waals surface area contributed by atoms with Gasteiger partial charge in [0.25, 0.3) is 11.8 Å². The molecule has 2 N–H and O–H groups in total. The van der Waals surface area contributed by atoms with Crippen molar-refractivity contribution in [3.8, 4) is 11.5 Å². The van der Waals surface area contributed by atoms with Gasteiger partial charge in [-0.1, -0.05) is 61.3 Å². The van der Waals surface area contributed by atoms with Crippen LogP contribution in [0, 0.1) is 5.92 Å². The van der Waals surface area contributed by atoms with Crippen LogP contribution in [0.3, 0.4) is 0 Å². The van der Waals surface area contributed by atoms with Crippen molar-refractivity contribution < 1.29 is 19.1 Å². The number of rotatable bonds is 8. The van der Waals surface area contributed by atoms with Crippen molar-refractivity contribution in [1.82, 2.24) is 15.3 Å². The van der Waals surface area contributed by atoms with E-state index < -0.39 is 17.9 Å². The van der Waals surface area contributed by atoms with Gasteiger partial charge in [0, 0.05) is 34.8 Å². The molecule has 5 rings (SSSR count). The molecule has 4 aromatic rings. The number of carbonyl (C=O) groups excluding carboxylic acids is 2. The molecule has 2 amide bonds. The Morgan fingerprint density at radius 1 is 1.03 bits per heavy atom. The Morgan fingerprint density at radius 3 is 2.62 bits per heavy atom. The summed E-state index contributed by atoms with van der Waals surface area (Å²) < 4.78 is 12.7. The largest absolute Gasteiger partial charge is 0.454 e. The summed E-state index contributed by atoms with van der Waals surface area (Å²) in [6, 6.07) is 17.6. The van der Waals surface area contributed by atoms with Gasteiger partial charge in [0.15, 0.2) is 11.5 Å². The number of para-hydroxylation sites is 1. The van der Waals surface area contributed by atoms with Crippen molar-refractivity contribution in [2.45, 2.75) is 26.4 Å². The second kappa shape index (κ2) is 11.4. The minimum absolute atomic E-state index is 0.115. The number of amides is 2. The highest BCUT2D eigenvalue weighted by atomic mass is 35.5. The monoisotopic (exact) mass is 564 g/mol. The first kappa shape index (κ1) is 26.6. The number of aromatic nitrogens is 1. The van der Waals surface area contributed by atoms with Crippen molar-refractivity contribution in [2.75, 3.05) is 6.79 Å². The molecule has 0 unspecified atom stereocenters. The molecular weight excluding hydrogens is 539 g/mol. The molecule has 10 heteroatoms. The molecule has 0 saturated heterocycles. The van der Waals surface area contributed by atoms with E-state index in [1.165, 1.54) is 0 Å². The van der Waals surface area contributed by atoms with E-state index in [1.54, 1.807) is 30.5 Å². The Bertz CT molecular complexity index is 1580. The lowest BCUT2D eigenvalue weighted by atomic mass is 10.0. The molecule has 0 bridgehead atoms. The lowest BCUT2D eigenvalue weighted by Crippen LogP contribution is -2.48. The Kier molecular flexibility index (Phi) is 7.77. The highest BCUT2D eigenvalue weighted by Gasteiger charge is 2.25. The number of fused-ring (bicyclic) bond motifs is 2. The molecule has 1 aromatic heterocycles. The third-order valence-corrected chi connectivity index (χ3v) is 7.14. The normalized spacial score (nSPS) is 13.3.